The summed E-state index contributed by atoms with van der Waals surface area (Å²) in [5, 5.41) is 0. The highest BCUT2D eigenvalue weighted by Gasteiger charge is 2.06. The molecular weight excluding hydrogens is 184 g/mol. The van der Waals surface area contributed by atoms with E-state index in [9.17, 15) is 4.79 Å². The van der Waals surface area contributed by atoms with Gasteiger partial charge in [0.15, 0.2) is 0 Å². The number of rotatable bonds is 4. The Bertz CT molecular complexity index is 315. The standard InChI is InChI=1S/C9H12N2O3/c1-3-14-9(12)6-7-10-5-4-8(11-7)13-2/h4-5H,3,6H2,1-2H3. The molecule has 0 spiro atoms. The summed E-state index contributed by atoms with van der Waals surface area (Å²) in [6.07, 6.45) is 1.62. The smallest absolute Gasteiger partial charge is 0.313 e. The molecule has 0 atom stereocenters. The molecule has 5 heteroatoms. The lowest BCUT2D eigenvalue weighted by Crippen LogP contribution is -2.10. The fraction of sp³-hybridized carbons (Fsp3) is 0.444. The van der Waals surface area contributed by atoms with Crippen molar-refractivity contribution in [1.29, 1.82) is 0 Å². The molecule has 1 aromatic rings. The van der Waals surface area contributed by atoms with Gasteiger partial charge in [-0.15, -0.1) is 0 Å². The minimum absolute atomic E-state index is 0.0744. The monoisotopic (exact) mass is 196 g/mol. The van der Waals surface area contributed by atoms with Gasteiger partial charge in [-0.1, -0.05) is 0 Å². The van der Waals surface area contributed by atoms with Crippen molar-refractivity contribution in [2.75, 3.05) is 13.7 Å². The molecule has 0 aromatic carbocycles. The molecule has 0 unspecified atom stereocenters. The number of hydrogen-bond donors (Lipinski definition) is 0. The molecular formula is C9H12N2O3. The van der Waals surface area contributed by atoms with Gasteiger partial charge in [0.2, 0.25) is 5.88 Å². The van der Waals surface area contributed by atoms with Gasteiger partial charge < -0.3 is 9.47 Å². The number of hydrogen-bond acceptors (Lipinski definition) is 5. The molecule has 14 heavy (non-hydrogen) atoms. The molecule has 1 heterocycles. The van der Waals surface area contributed by atoms with Crippen LogP contribution < -0.4 is 4.74 Å². The Hall–Kier alpha value is -1.65. The van der Waals surface area contributed by atoms with Crippen molar-refractivity contribution in [2.45, 2.75) is 13.3 Å². The molecule has 0 radical (unpaired) electrons. The maximum absolute atomic E-state index is 11.1. The SMILES string of the molecule is CCOC(=O)Cc1nccc(OC)n1. The summed E-state index contributed by atoms with van der Waals surface area (Å²) in [6, 6.07) is 1.62. The summed E-state index contributed by atoms with van der Waals surface area (Å²) in [6.45, 7) is 2.12. The van der Waals surface area contributed by atoms with Crippen LogP contribution in [0.3, 0.4) is 0 Å². The average molecular weight is 196 g/mol. The van der Waals surface area contributed by atoms with E-state index in [1.807, 2.05) is 0 Å². The number of methoxy groups -OCH3 is 1. The van der Waals surface area contributed by atoms with Crippen LogP contribution in [0.1, 0.15) is 12.7 Å². The first-order valence-electron chi connectivity index (χ1n) is 4.27. The number of carbonyl (C=O) groups excluding carboxylic acids is 1. The van der Waals surface area contributed by atoms with Gasteiger partial charge in [0.1, 0.15) is 12.2 Å². The lowest BCUT2D eigenvalue weighted by Gasteiger charge is -2.02. The summed E-state index contributed by atoms with van der Waals surface area (Å²) in [5.74, 6) is 0.517. The van der Waals surface area contributed by atoms with E-state index in [0.29, 0.717) is 18.3 Å². The molecule has 0 saturated carbocycles. The Kier molecular flexibility index (Phi) is 3.84. The second kappa shape index (κ2) is 5.16. The van der Waals surface area contributed by atoms with Crippen LogP contribution in [0.2, 0.25) is 0 Å². The topological polar surface area (TPSA) is 61.3 Å². The number of nitrogens with zero attached hydrogens (tertiary/aromatic N) is 2. The molecule has 5 nitrogen and oxygen atoms in total. The van der Waals surface area contributed by atoms with Crippen molar-refractivity contribution < 1.29 is 14.3 Å². The molecule has 0 aliphatic rings. The summed E-state index contributed by atoms with van der Waals surface area (Å²) in [5.41, 5.74) is 0. The first-order chi connectivity index (χ1) is 6.76. The van der Waals surface area contributed by atoms with Crippen LogP contribution in [0.15, 0.2) is 12.3 Å². The number of carbonyl (C=O) groups is 1. The van der Waals surface area contributed by atoms with Gasteiger partial charge in [-0.25, -0.2) is 4.98 Å². The van der Waals surface area contributed by atoms with Crippen molar-refractivity contribution in [3.63, 3.8) is 0 Å². The molecule has 76 valence electrons. The summed E-state index contributed by atoms with van der Waals surface area (Å²) in [7, 11) is 1.51. The van der Waals surface area contributed by atoms with Gasteiger partial charge in [-0.3, -0.25) is 4.79 Å². The first-order valence-corrected chi connectivity index (χ1v) is 4.27. The van der Waals surface area contributed by atoms with Gasteiger partial charge in [0.05, 0.1) is 13.7 Å². The molecule has 0 amide bonds. The van der Waals surface area contributed by atoms with E-state index in [-0.39, 0.29) is 12.4 Å². The lowest BCUT2D eigenvalue weighted by atomic mass is 10.4. The Morgan fingerprint density at radius 3 is 3.00 bits per heavy atom. The highest BCUT2D eigenvalue weighted by Crippen LogP contribution is 2.04. The second-order valence-corrected chi connectivity index (χ2v) is 2.50. The van der Waals surface area contributed by atoms with E-state index in [2.05, 4.69) is 9.97 Å². The van der Waals surface area contributed by atoms with Crippen molar-refractivity contribution in [3.8, 4) is 5.88 Å². The molecule has 0 N–H and O–H groups in total. The number of aromatic nitrogens is 2. The zero-order valence-electron chi connectivity index (χ0n) is 8.19. The minimum Gasteiger partial charge on any atom is -0.481 e. The summed E-state index contributed by atoms with van der Waals surface area (Å²) >= 11 is 0. The Labute approximate surface area is 82.1 Å². The van der Waals surface area contributed by atoms with Gasteiger partial charge in [0, 0.05) is 12.3 Å². The maximum atomic E-state index is 11.1. The minimum atomic E-state index is -0.333. The van der Waals surface area contributed by atoms with E-state index in [1.165, 1.54) is 7.11 Å². The summed E-state index contributed by atoms with van der Waals surface area (Å²) in [4.78, 5) is 19.0. The molecule has 0 saturated heterocycles. The quantitative estimate of drug-likeness (QED) is 0.659. The largest absolute Gasteiger partial charge is 0.481 e. The van der Waals surface area contributed by atoms with Gasteiger partial charge in [0.25, 0.3) is 0 Å². The normalized spacial score (nSPS) is 9.57. The third-order valence-corrected chi connectivity index (χ3v) is 1.50. The van der Waals surface area contributed by atoms with E-state index < -0.39 is 0 Å². The zero-order chi connectivity index (χ0) is 10.4. The number of esters is 1. The second-order valence-electron chi connectivity index (χ2n) is 2.50. The van der Waals surface area contributed by atoms with Crippen molar-refractivity contribution >= 4 is 5.97 Å². The fourth-order valence-electron chi connectivity index (χ4n) is 0.920. The van der Waals surface area contributed by atoms with Gasteiger partial charge in [-0.2, -0.15) is 4.98 Å². The Morgan fingerprint density at radius 1 is 1.57 bits per heavy atom. The van der Waals surface area contributed by atoms with Crippen molar-refractivity contribution in [1.82, 2.24) is 9.97 Å². The molecule has 0 bridgehead atoms. The molecule has 0 fully saturated rings. The van der Waals surface area contributed by atoms with Crippen LogP contribution >= 0.6 is 0 Å². The molecule has 1 aromatic heterocycles. The van der Waals surface area contributed by atoms with Gasteiger partial charge in [-0.05, 0) is 6.92 Å². The fourth-order valence-corrected chi connectivity index (χ4v) is 0.920. The molecule has 0 aliphatic heterocycles. The number of ether oxygens (including phenoxy) is 2. The van der Waals surface area contributed by atoms with Crippen molar-refractivity contribution in [2.24, 2.45) is 0 Å². The zero-order valence-corrected chi connectivity index (χ0v) is 8.19. The Balaban J connectivity index is 2.62. The van der Waals surface area contributed by atoms with E-state index in [0.717, 1.165) is 0 Å². The van der Waals surface area contributed by atoms with Crippen LogP contribution in [0.4, 0.5) is 0 Å². The van der Waals surface area contributed by atoms with Crippen LogP contribution in [-0.2, 0) is 16.0 Å². The maximum Gasteiger partial charge on any atom is 0.313 e. The highest BCUT2D eigenvalue weighted by atomic mass is 16.5. The lowest BCUT2D eigenvalue weighted by molar-refractivity contribution is -0.142. The van der Waals surface area contributed by atoms with Crippen molar-refractivity contribution in [3.05, 3.63) is 18.1 Å². The van der Waals surface area contributed by atoms with E-state index >= 15 is 0 Å². The van der Waals surface area contributed by atoms with Crippen LogP contribution in [0.5, 0.6) is 5.88 Å². The van der Waals surface area contributed by atoms with Crippen LogP contribution in [0.25, 0.3) is 0 Å². The van der Waals surface area contributed by atoms with E-state index in [1.54, 1.807) is 19.2 Å². The van der Waals surface area contributed by atoms with Crippen LogP contribution in [0, 0.1) is 0 Å². The van der Waals surface area contributed by atoms with Gasteiger partial charge >= 0.3 is 5.97 Å². The third kappa shape index (κ3) is 3.01. The molecule has 1 rings (SSSR count). The average Bonchev–Trinajstić information content (AvgIpc) is 2.18. The van der Waals surface area contributed by atoms with E-state index in [4.69, 9.17) is 9.47 Å². The third-order valence-electron chi connectivity index (χ3n) is 1.50. The van der Waals surface area contributed by atoms with Crippen LogP contribution in [-0.4, -0.2) is 29.7 Å². The Morgan fingerprint density at radius 2 is 2.36 bits per heavy atom. The highest BCUT2D eigenvalue weighted by molar-refractivity contribution is 5.71. The summed E-state index contributed by atoms with van der Waals surface area (Å²) < 4.78 is 9.65. The molecule has 0 aliphatic carbocycles. The predicted molar refractivity (Wildman–Crippen MR) is 48.9 cm³/mol. The predicted octanol–water partition coefficient (Wildman–Crippen LogP) is 0.591. The first kappa shape index (κ1) is 10.4.